The molecule has 2 aromatic rings. The van der Waals surface area contributed by atoms with Gasteiger partial charge in [-0.25, -0.2) is 4.79 Å². The quantitative estimate of drug-likeness (QED) is 0.249. The maximum atomic E-state index is 13.4. The number of hydrogen-bond donors (Lipinski definition) is 0. The van der Waals surface area contributed by atoms with Crippen molar-refractivity contribution >= 4 is 29.5 Å². The number of carbonyl (C=O) groups excluding carboxylic acids is 1. The fourth-order valence-corrected chi connectivity index (χ4v) is 6.33. The van der Waals surface area contributed by atoms with Gasteiger partial charge in [-0.1, -0.05) is 38.1 Å². The van der Waals surface area contributed by atoms with Gasteiger partial charge in [-0.15, -0.1) is 23.5 Å². The molecule has 0 aromatic heterocycles. The highest BCUT2D eigenvalue weighted by Gasteiger charge is 2.38. The number of esters is 1. The van der Waals surface area contributed by atoms with Gasteiger partial charge in [-0.05, 0) is 74.6 Å². The summed E-state index contributed by atoms with van der Waals surface area (Å²) in [5.41, 5.74) is -0.399. The average Bonchev–Trinajstić information content (AvgIpc) is 2.73. The number of benzene rings is 2. The maximum Gasteiger partial charge on any atom is 0.416 e. The summed E-state index contributed by atoms with van der Waals surface area (Å²) in [6, 6.07) is 12.7. The van der Waals surface area contributed by atoms with Gasteiger partial charge in [0.05, 0.1) is 11.7 Å². The van der Waals surface area contributed by atoms with Crippen molar-refractivity contribution in [1.82, 2.24) is 0 Å². The van der Waals surface area contributed by atoms with Crippen LogP contribution in [-0.2, 0) is 19.8 Å². The lowest BCUT2D eigenvalue weighted by Gasteiger charge is -2.34. The topological polar surface area (TPSA) is 35.5 Å². The smallest absolute Gasteiger partial charge is 0.416 e. The molecule has 0 aliphatic carbocycles. The molecule has 0 atom stereocenters. The third-order valence-electron chi connectivity index (χ3n) is 4.71. The third-order valence-corrected chi connectivity index (χ3v) is 7.75. The molecule has 0 saturated heterocycles. The molecule has 0 aliphatic heterocycles. The molecule has 0 N–H and O–H groups in total. The van der Waals surface area contributed by atoms with E-state index in [2.05, 4.69) is 0 Å². The van der Waals surface area contributed by atoms with Crippen LogP contribution in [0.3, 0.4) is 0 Å². The van der Waals surface area contributed by atoms with Gasteiger partial charge < -0.3 is 9.47 Å². The van der Waals surface area contributed by atoms with E-state index in [1.54, 1.807) is 69.4 Å². The van der Waals surface area contributed by atoms with Gasteiger partial charge in [-0.2, -0.15) is 13.2 Å². The second-order valence-electron chi connectivity index (χ2n) is 8.15. The molecule has 0 unspecified atom stereocenters. The number of halogens is 3. The Morgan fingerprint density at radius 2 is 1.45 bits per heavy atom. The van der Waals surface area contributed by atoms with E-state index in [1.165, 1.54) is 12.1 Å². The Labute approximate surface area is 202 Å². The predicted molar refractivity (Wildman–Crippen MR) is 131 cm³/mol. The molecule has 0 saturated carbocycles. The molecular weight excluding hydrogens is 469 g/mol. The average molecular weight is 501 g/mol. The zero-order chi connectivity index (χ0) is 24.9. The summed E-state index contributed by atoms with van der Waals surface area (Å²) in [4.78, 5) is 12.3. The van der Waals surface area contributed by atoms with Gasteiger partial charge in [0.1, 0.15) is 9.83 Å². The van der Waals surface area contributed by atoms with Crippen molar-refractivity contribution < 1.29 is 27.4 Å². The Morgan fingerprint density at radius 1 is 0.909 bits per heavy atom. The van der Waals surface area contributed by atoms with Gasteiger partial charge in [0.15, 0.2) is 5.60 Å². The number of ether oxygens (including phenoxy) is 2. The van der Waals surface area contributed by atoms with E-state index in [1.807, 2.05) is 26.0 Å². The lowest BCUT2D eigenvalue weighted by Crippen LogP contribution is -2.40. The lowest BCUT2D eigenvalue weighted by molar-refractivity contribution is -0.163. The fraction of sp³-hybridized carbons (Fsp3) is 0.480. The highest BCUT2D eigenvalue weighted by Crippen LogP contribution is 2.52. The normalized spacial score (nSPS) is 12.7. The van der Waals surface area contributed by atoms with Crippen LogP contribution in [0.4, 0.5) is 13.2 Å². The van der Waals surface area contributed by atoms with Gasteiger partial charge in [-0.3, -0.25) is 0 Å². The summed E-state index contributed by atoms with van der Waals surface area (Å²) in [7, 11) is 0. The first-order valence-corrected chi connectivity index (χ1v) is 12.8. The van der Waals surface area contributed by atoms with Crippen LogP contribution >= 0.6 is 23.5 Å². The molecule has 0 bridgehead atoms. The van der Waals surface area contributed by atoms with Crippen molar-refractivity contribution in [2.75, 3.05) is 11.5 Å². The molecular formula is C25H31F3O3S2. The van der Waals surface area contributed by atoms with Crippen LogP contribution in [0, 0.1) is 0 Å². The second kappa shape index (κ2) is 11.1. The number of thioether (sulfide) groups is 2. The number of hydrogen-bond acceptors (Lipinski definition) is 5. The SMILES string of the molecule is CCSC(SCC)(c1ccc(OC(C)(C)C(=O)OC(C)C)cc1)c1cccc(C(F)(F)F)c1. The molecule has 3 nitrogen and oxygen atoms in total. The second-order valence-corrected chi connectivity index (χ2v) is 11.4. The monoisotopic (exact) mass is 500 g/mol. The molecule has 2 aromatic carbocycles. The summed E-state index contributed by atoms with van der Waals surface area (Å²) in [5, 5.41) is 0. The Hall–Kier alpha value is -1.80. The van der Waals surface area contributed by atoms with Crippen molar-refractivity contribution in [3.05, 3.63) is 65.2 Å². The molecule has 2 rings (SSSR count). The highest BCUT2D eigenvalue weighted by atomic mass is 32.2. The minimum Gasteiger partial charge on any atom is -0.476 e. The maximum absolute atomic E-state index is 13.4. The Balaban J connectivity index is 2.45. The lowest BCUT2D eigenvalue weighted by atomic mass is 10.0. The van der Waals surface area contributed by atoms with Crippen LogP contribution < -0.4 is 4.74 Å². The van der Waals surface area contributed by atoms with Gasteiger partial charge in [0.25, 0.3) is 0 Å². The van der Waals surface area contributed by atoms with Crippen LogP contribution in [-0.4, -0.2) is 29.2 Å². The minimum atomic E-state index is -4.41. The zero-order valence-corrected chi connectivity index (χ0v) is 21.4. The summed E-state index contributed by atoms with van der Waals surface area (Å²) >= 11 is 3.17. The predicted octanol–water partition coefficient (Wildman–Crippen LogP) is 7.52. The number of alkyl halides is 3. The van der Waals surface area contributed by atoms with Crippen LogP contribution in [0.5, 0.6) is 5.75 Å². The highest BCUT2D eigenvalue weighted by molar-refractivity contribution is 8.17. The van der Waals surface area contributed by atoms with Crippen molar-refractivity contribution in [2.24, 2.45) is 0 Å². The Bertz CT molecular complexity index is 919. The molecule has 0 spiro atoms. The molecule has 8 heteroatoms. The fourth-order valence-electron chi connectivity index (χ4n) is 3.28. The Kier molecular flexibility index (Phi) is 9.22. The molecule has 0 amide bonds. The van der Waals surface area contributed by atoms with E-state index in [9.17, 15) is 18.0 Å². The summed E-state index contributed by atoms with van der Waals surface area (Å²) < 4.78 is 50.7. The van der Waals surface area contributed by atoms with Crippen LogP contribution in [0.15, 0.2) is 48.5 Å². The van der Waals surface area contributed by atoms with E-state index in [0.717, 1.165) is 23.1 Å². The van der Waals surface area contributed by atoms with Gasteiger partial charge >= 0.3 is 12.1 Å². The summed E-state index contributed by atoms with van der Waals surface area (Å²) in [5.74, 6) is 1.44. The molecule has 0 heterocycles. The van der Waals surface area contributed by atoms with E-state index < -0.39 is 27.4 Å². The molecule has 0 fully saturated rings. The number of rotatable bonds is 10. The summed E-state index contributed by atoms with van der Waals surface area (Å²) in [6.07, 6.45) is -4.67. The van der Waals surface area contributed by atoms with Crippen LogP contribution in [0.25, 0.3) is 0 Å². The molecule has 33 heavy (non-hydrogen) atoms. The molecule has 0 radical (unpaired) electrons. The zero-order valence-electron chi connectivity index (χ0n) is 19.8. The molecule has 0 aliphatic rings. The van der Waals surface area contributed by atoms with E-state index in [4.69, 9.17) is 9.47 Å². The van der Waals surface area contributed by atoms with E-state index in [0.29, 0.717) is 11.3 Å². The van der Waals surface area contributed by atoms with Gasteiger partial charge in [0, 0.05) is 0 Å². The van der Waals surface area contributed by atoms with Crippen molar-refractivity contribution in [3.8, 4) is 5.75 Å². The van der Waals surface area contributed by atoms with E-state index in [-0.39, 0.29) is 6.10 Å². The first-order valence-electron chi connectivity index (χ1n) is 10.8. The van der Waals surface area contributed by atoms with Crippen molar-refractivity contribution in [2.45, 2.75) is 63.5 Å². The van der Waals surface area contributed by atoms with Crippen LogP contribution in [0.2, 0.25) is 0 Å². The minimum absolute atomic E-state index is 0.257. The van der Waals surface area contributed by atoms with Crippen molar-refractivity contribution in [3.63, 3.8) is 0 Å². The Morgan fingerprint density at radius 3 is 1.94 bits per heavy atom. The standard InChI is InChI=1S/C25H31F3O3S2/c1-7-32-24(33-8-2,19-10-9-11-20(16-19)25(26,27)28)18-12-14-21(15-13-18)31-23(5,6)22(29)30-17(3)4/h9-17H,7-8H2,1-6H3. The first kappa shape index (κ1) is 27.4. The largest absolute Gasteiger partial charge is 0.476 e. The first-order chi connectivity index (χ1) is 15.4. The van der Waals surface area contributed by atoms with E-state index >= 15 is 0 Å². The number of carbonyl (C=O) groups is 1. The van der Waals surface area contributed by atoms with Gasteiger partial charge in [0.2, 0.25) is 0 Å². The molecule has 182 valence electrons. The third kappa shape index (κ3) is 6.85. The van der Waals surface area contributed by atoms with Crippen LogP contribution in [0.1, 0.15) is 58.2 Å². The summed E-state index contributed by atoms with van der Waals surface area (Å²) in [6.45, 7) is 10.8. The van der Waals surface area contributed by atoms with Crippen molar-refractivity contribution in [1.29, 1.82) is 0 Å².